The molecule has 2 rings (SSSR count). The average molecular weight is 315 g/mol. The minimum atomic E-state index is -0.255. The third-order valence-corrected chi connectivity index (χ3v) is 3.43. The summed E-state index contributed by atoms with van der Waals surface area (Å²) in [6.07, 6.45) is 0. The van der Waals surface area contributed by atoms with Gasteiger partial charge in [0, 0.05) is 5.02 Å². The molecular weight excluding hydrogens is 300 g/mol. The van der Waals surface area contributed by atoms with Crippen LogP contribution in [-0.2, 0) is 4.79 Å². The number of nitrogens with zero attached hydrogens (tertiary/aromatic N) is 1. The molecule has 0 spiro atoms. The Balaban J connectivity index is 1.90. The molecule has 5 heteroatoms. The fraction of sp³-hybridized carbons (Fsp3) is 0.176. The molecule has 0 aliphatic rings. The summed E-state index contributed by atoms with van der Waals surface area (Å²) in [7, 11) is 0. The van der Waals surface area contributed by atoms with E-state index in [-0.39, 0.29) is 18.6 Å². The highest BCUT2D eigenvalue weighted by Gasteiger charge is 2.12. The molecule has 112 valence electrons. The van der Waals surface area contributed by atoms with Gasteiger partial charge in [0.2, 0.25) is 0 Å². The van der Waals surface area contributed by atoms with E-state index in [4.69, 9.17) is 21.6 Å². The number of rotatable bonds is 5. The highest BCUT2D eigenvalue weighted by atomic mass is 35.5. The van der Waals surface area contributed by atoms with Crippen LogP contribution in [0.4, 0.5) is 0 Å². The van der Waals surface area contributed by atoms with Crippen LogP contribution in [0.3, 0.4) is 0 Å². The van der Waals surface area contributed by atoms with Crippen molar-refractivity contribution in [2.24, 2.45) is 0 Å². The van der Waals surface area contributed by atoms with E-state index < -0.39 is 0 Å². The maximum Gasteiger partial charge on any atom is 0.258 e. The number of halogens is 1. The van der Waals surface area contributed by atoms with E-state index in [1.54, 1.807) is 30.3 Å². The van der Waals surface area contributed by atoms with Gasteiger partial charge in [-0.05, 0) is 36.8 Å². The van der Waals surface area contributed by atoms with Crippen molar-refractivity contribution in [1.82, 2.24) is 5.32 Å². The highest BCUT2D eigenvalue weighted by Crippen LogP contribution is 2.22. The van der Waals surface area contributed by atoms with Crippen LogP contribution in [0, 0.1) is 11.3 Å². The van der Waals surface area contributed by atoms with Gasteiger partial charge in [-0.25, -0.2) is 0 Å². The second-order valence-electron chi connectivity index (χ2n) is 4.74. The third-order valence-electron chi connectivity index (χ3n) is 3.08. The lowest BCUT2D eigenvalue weighted by molar-refractivity contribution is -0.123. The van der Waals surface area contributed by atoms with Gasteiger partial charge in [-0.15, -0.1) is 0 Å². The van der Waals surface area contributed by atoms with Crippen molar-refractivity contribution < 1.29 is 9.53 Å². The van der Waals surface area contributed by atoms with Crippen LogP contribution >= 0.6 is 11.6 Å². The molecule has 4 nitrogen and oxygen atoms in total. The summed E-state index contributed by atoms with van der Waals surface area (Å²) >= 11 is 6.10. The molecule has 0 saturated heterocycles. The largest absolute Gasteiger partial charge is 0.484 e. The maximum absolute atomic E-state index is 11.9. The molecule has 0 radical (unpaired) electrons. The summed E-state index contributed by atoms with van der Waals surface area (Å²) in [6.45, 7) is 1.74. The zero-order chi connectivity index (χ0) is 15.9. The van der Waals surface area contributed by atoms with E-state index in [0.29, 0.717) is 16.3 Å². The number of nitrogens with one attached hydrogen (secondary N) is 1. The number of hydrogen-bond donors (Lipinski definition) is 1. The molecule has 0 bridgehead atoms. The van der Waals surface area contributed by atoms with Crippen LogP contribution in [0.1, 0.15) is 24.1 Å². The summed E-state index contributed by atoms with van der Waals surface area (Å²) in [5.74, 6) is 0.231. The van der Waals surface area contributed by atoms with Gasteiger partial charge < -0.3 is 10.1 Å². The first-order valence-corrected chi connectivity index (χ1v) is 7.14. The summed E-state index contributed by atoms with van der Waals surface area (Å²) in [5, 5.41) is 12.2. The summed E-state index contributed by atoms with van der Waals surface area (Å²) in [5.41, 5.74) is 1.34. The molecule has 0 fully saturated rings. The molecule has 0 aliphatic carbocycles. The zero-order valence-corrected chi connectivity index (χ0v) is 12.8. The lowest BCUT2D eigenvalue weighted by atomic mass is 10.1. The average Bonchev–Trinajstić information content (AvgIpc) is 2.53. The number of carbonyl (C=O) groups excluding carboxylic acids is 1. The van der Waals surface area contributed by atoms with Crippen molar-refractivity contribution >= 4 is 17.5 Å². The number of hydrogen-bond acceptors (Lipinski definition) is 3. The van der Waals surface area contributed by atoms with Gasteiger partial charge >= 0.3 is 0 Å². The zero-order valence-electron chi connectivity index (χ0n) is 12.0. The SMILES string of the molecule is C[C@@H](NC(=O)COc1cccc(C#N)c1)c1ccccc1Cl. The van der Waals surface area contributed by atoms with E-state index >= 15 is 0 Å². The van der Waals surface area contributed by atoms with Crippen LogP contribution in [0.15, 0.2) is 48.5 Å². The molecule has 1 amide bonds. The van der Waals surface area contributed by atoms with Crippen LogP contribution < -0.4 is 10.1 Å². The first-order chi connectivity index (χ1) is 10.6. The van der Waals surface area contributed by atoms with Gasteiger partial charge in [0.15, 0.2) is 6.61 Å². The topological polar surface area (TPSA) is 62.1 Å². The number of ether oxygens (including phenoxy) is 1. The van der Waals surface area contributed by atoms with Crippen molar-refractivity contribution in [2.75, 3.05) is 6.61 Å². The van der Waals surface area contributed by atoms with Gasteiger partial charge in [-0.3, -0.25) is 4.79 Å². The van der Waals surface area contributed by atoms with E-state index in [2.05, 4.69) is 5.32 Å². The Morgan fingerprint density at radius 2 is 2.09 bits per heavy atom. The summed E-state index contributed by atoms with van der Waals surface area (Å²) in [4.78, 5) is 11.9. The van der Waals surface area contributed by atoms with Crippen LogP contribution in [0.25, 0.3) is 0 Å². The number of benzene rings is 2. The van der Waals surface area contributed by atoms with E-state index in [1.165, 1.54) is 0 Å². The van der Waals surface area contributed by atoms with Crippen molar-refractivity contribution in [2.45, 2.75) is 13.0 Å². The van der Waals surface area contributed by atoms with Crippen molar-refractivity contribution in [3.63, 3.8) is 0 Å². The van der Waals surface area contributed by atoms with Gasteiger partial charge in [-0.2, -0.15) is 5.26 Å². The van der Waals surface area contributed by atoms with Crippen LogP contribution in [0.5, 0.6) is 5.75 Å². The Kier molecular flexibility index (Phi) is 5.40. The Labute approximate surface area is 134 Å². The summed E-state index contributed by atoms with van der Waals surface area (Å²) in [6, 6.07) is 15.8. The van der Waals surface area contributed by atoms with E-state index in [0.717, 1.165) is 5.56 Å². The van der Waals surface area contributed by atoms with Crippen molar-refractivity contribution in [3.05, 3.63) is 64.7 Å². The summed E-state index contributed by atoms with van der Waals surface area (Å²) < 4.78 is 5.38. The third kappa shape index (κ3) is 4.24. The highest BCUT2D eigenvalue weighted by molar-refractivity contribution is 6.31. The fourth-order valence-electron chi connectivity index (χ4n) is 1.99. The maximum atomic E-state index is 11.9. The minimum Gasteiger partial charge on any atom is -0.484 e. The minimum absolute atomic E-state index is 0.121. The lowest BCUT2D eigenvalue weighted by Gasteiger charge is -2.16. The Morgan fingerprint density at radius 3 is 2.82 bits per heavy atom. The second-order valence-corrected chi connectivity index (χ2v) is 5.15. The molecular formula is C17H15ClN2O2. The fourth-order valence-corrected chi connectivity index (χ4v) is 2.29. The molecule has 2 aromatic carbocycles. The molecule has 0 unspecified atom stereocenters. The first-order valence-electron chi connectivity index (χ1n) is 6.77. The van der Waals surface area contributed by atoms with E-state index in [1.807, 2.05) is 31.2 Å². The predicted octanol–water partition coefficient (Wildman–Crippen LogP) is 3.47. The van der Waals surface area contributed by atoms with E-state index in [9.17, 15) is 4.79 Å². The van der Waals surface area contributed by atoms with Crippen molar-refractivity contribution in [3.8, 4) is 11.8 Å². The standard InChI is InChI=1S/C17H15ClN2O2/c1-12(15-7-2-3-8-16(15)18)20-17(21)11-22-14-6-4-5-13(9-14)10-19/h2-9,12H,11H2,1H3,(H,20,21)/t12-/m1/s1. The molecule has 1 atom stereocenters. The van der Waals surface area contributed by atoms with Gasteiger partial charge in [0.25, 0.3) is 5.91 Å². The van der Waals surface area contributed by atoms with Crippen LogP contribution in [-0.4, -0.2) is 12.5 Å². The number of amides is 1. The first kappa shape index (κ1) is 15.9. The predicted molar refractivity (Wildman–Crippen MR) is 84.7 cm³/mol. The Morgan fingerprint density at radius 1 is 1.32 bits per heavy atom. The second kappa shape index (κ2) is 7.48. The Hall–Kier alpha value is -2.51. The number of carbonyl (C=O) groups is 1. The molecule has 1 N–H and O–H groups in total. The normalized spacial score (nSPS) is 11.3. The van der Waals surface area contributed by atoms with Gasteiger partial charge in [0.05, 0.1) is 17.7 Å². The molecule has 22 heavy (non-hydrogen) atoms. The molecule has 0 saturated carbocycles. The lowest BCUT2D eigenvalue weighted by Crippen LogP contribution is -2.31. The van der Waals surface area contributed by atoms with Gasteiger partial charge in [-0.1, -0.05) is 35.9 Å². The molecule has 0 aromatic heterocycles. The smallest absolute Gasteiger partial charge is 0.258 e. The van der Waals surface area contributed by atoms with Crippen molar-refractivity contribution in [1.29, 1.82) is 5.26 Å². The van der Waals surface area contributed by atoms with Gasteiger partial charge in [0.1, 0.15) is 5.75 Å². The Bertz CT molecular complexity index is 710. The molecule has 2 aromatic rings. The quantitative estimate of drug-likeness (QED) is 0.919. The van der Waals surface area contributed by atoms with Crippen LogP contribution in [0.2, 0.25) is 5.02 Å². The monoisotopic (exact) mass is 314 g/mol. The molecule has 0 aliphatic heterocycles. The number of nitriles is 1. The molecule has 0 heterocycles.